The number of hydrogen-bond donors (Lipinski definition) is 2. The van der Waals surface area contributed by atoms with Gasteiger partial charge in [-0.1, -0.05) is 15.9 Å². The zero-order valence-corrected chi connectivity index (χ0v) is 5.89. The van der Waals surface area contributed by atoms with E-state index >= 15 is 0 Å². The molecule has 0 aromatic carbocycles. The molecule has 0 aromatic heterocycles. The predicted octanol–water partition coefficient (Wildman–Crippen LogP) is 0.183. The summed E-state index contributed by atoms with van der Waals surface area (Å²) in [6, 6.07) is -0.714. The van der Waals surface area contributed by atoms with Gasteiger partial charge in [0.2, 0.25) is 0 Å². The van der Waals surface area contributed by atoms with Gasteiger partial charge in [0.15, 0.2) is 0 Å². The van der Waals surface area contributed by atoms with E-state index in [1.54, 1.807) is 0 Å². The lowest BCUT2D eigenvalue weighted by atomic mass is 10.2. The van der Waals surface area contributed by atoms with E-state index in [0.717, 1.165) is 0 Å². The van der Waals surface area contributed by atoms with Crippen molar-refractivity contribution in [2.45, 2.75) is 12.5 Å². The van der Waals surface area contributed by atoms with Gasteiger partial charge < -0.3 is 10.8 Å². The maximum atomic E-state index is 9.94. The van der Waals surface area contributed by atoms with Gasteiger partial charge in [0, 0.05) is 5.33 Å². The van der Waals surface area contributed by atoms with Gasteiger partial charge in [-0.05, 0) is 6.42 Å². The standard InChI is InChI=1S/C4H8BrNO2/c5-2-1-3(6)4(7)8/h3H,1-2,6H2,(H,7,8)/t3-/m1/s1. The van der Waals surface area contributed by atoms with Crippen molar-refractivity contribution in [1.82, 2.24) is 0 Å². The van der Waals surface area contributed by atoms with Crippen LogP contribution in [0.1, 0.15) is 6.42 Å². The highest BCUT2D eigenvalue weighted by atomic mass is 79.9. The molecule has 8 heavy (non-hydrogen) atoms. The second kappa shape index (κ2) is 3.86. The summed E-state index contributed by atoms with van der Waals surface area (Å²) in [5.41, 5.74) is 5.10. The molecule has 1 atom stereocenters. The van der Waals surface area contributed by atoms with Crippen LogP contribution in [0.3, 0.4) is 0 Å². The molecule has 0 aliphatic carbocycles. The van der Waals surface area contributed by atoms with E-state index < -0.39 is 12.0 Å². The van der Waals surface area contributed by atoms with Crippen molar-refractivity contribution in [2.24, 2.45) is 5.73 Å². The Kier molecular flexibility index (Phi) is 3.81. The summed E-state index contributed by atoms with van der Waals surface area (Å²) in [6.45, 7) is 0. The Hall–Kier alpha value is -0.0900. The largest absolute Gasteiger partial charge is 0.480 e. The number of aliphatic carboxylic acids is 1. The molecule has 0 aromatic rings. The van der Waals surface area contributed by atoms with Crippen LogP contribution >= 0.6 is 15.9 Å². The Morgan fingerprint density at radius 2 is 2.38 bits per heavy atom. The highest BCUT2D eigenvalue weighted by Crippen LogP contribution is 1.91. The molecule has 0 bridgehead atoms. The van der Waals surface area contributed by atoms with E-state index in [9.17, 15) is 4.79 Å². The van der Waals surface area contributed by atoms with E-state index in [-0.39, 0.29) is 0 Å². The number of halogens is 1. The molecule has 0 radical (unpaired) electrons. The van der Waals surface area contributed by atoms with E-state index in [0.29, 0.717) is 11.8 Å². The third-order valence-corrected chi connectivity index (χ3v) is 1.20. The first kappa shape index (κ1) is 7.91. The highest BCUT2D eigenvalue weighted by Gasteiger charge is 2.08. The normalized spacial score (nSPS) is 13.2. The quantitative estimate of drug-likeness (QED) is 0.612. The van der Waals surface area contributed by atoms with Crippen LogP contribution in [0.4, 0.5) is 0 Å². The van der Waals surface area contributed by atoms with Crippen molar-refractivity contribution >= 4 is 21.9 Å². The van der Waals surface area contributed by atoms with Crippen LogP contribution in [-0.4, -0.2) is 22.4 Å². The molecule has 0 fully saturated rings. The molecule has 3 N–H and O–H groups in total. The number of rotatable bonds is 3. The van der Waals surface area contributed by atoms with Crippen LogP contribution in [0, 0.1) is 0 Å². The third-order valence-electron chi connectivity index (χ3n) is 0.737. The number of alkyl halides is 1. The molecule has 3 nitrogen and oxygen atoms in total. The number of carboxylic acid groups (broad SMARTS) is 1. The summed E-state index contributed by atoms with van der Waals surface area (Å²) < 4.78 is 0. The summed E-state index contributed by atoms with van der Waals surface area (Å²) in [7, 11) is 0. The van der Waals surface area contributed by atoms with E-state index in [4.69, 9.17) is 10.8 Å². The van der Waals surface area contributed by atoms with E-state index in [2.05, 4.69) is 15.9 Å². The molecule has 0 spiro atoms. The SMILES string of the molecule is N[C@H](CCBr)C(=O)O. The fraction of sp³-hybridized carbons (Fsp3) is 0.750. The summed E-state index contributed by atoms with van der Waals surface area (Å²) >= 11 is 3.07. The molecule has 4 heteroatoms. The van der Waals surface area contributed by atoms with Crippen molar-refractivity contribution in [3.05, 3.63) is 0 Å². The van der Waals surface area contributed by atoms with Gasteiger partial charge in [-0.2, -0.15) is 0 Å². The fourth-order valence-electron chi connectivity index (χ4n) is 0.241. The fourth-order valence-corrected chi connectivity index (χ4v) is 0.734. The summed E-state index contributed by atoms with van der Waals surface area (Å²) in [5, 5.41) is 8.81. The topological polar surface area (TPSA) is 63.3 Å². The van der Waals surface area contributed by atoms with Gasteiger partial charge in [-0.25, -0.2) is 0 Å². The van der Waals surface area contributed by atoms with Gasteiger partial charge in [0.25, 0.3) is 0 Å². The van der Waals surface area contributed by atoms with Crippen LogP contribution in [0.25, 0.3) is 0 Å². The number of carbonyl (C=O) groups is 1. The molecule has 48 valence electrons. The Morgan fingerprint density at radius 3 is 2.50 bits per heavy atom. The van der Waals surface area contributed by atoms with E-state index in [1.165, 1.54) is 0 Å². The maximum Gasteiger partial charge on any atom is 0.320 e. The van der Waals surface area contributed by atoms with Crippen LogP contribution in [0.2, 0.25) is 0 Å². The van der Waals surface area contributed by atoms with Crippen molar-refractivity contribution in [3.8, 4) is 0 Å². The molecular weight excluding hydrogens is 174 g/mol. The lowest BCUT2D eigenvalue weighted by molar-refractivity contribution is -0.138. The minimum absolute atomic E-state index is 0.481. The smallest absolute Gasteiger partial charge is 0.320 e. The van der Waals surface area contributed by atoms with Crippen molar-refractivity contribution in [3.63, 3.8) is 0 Å². The lowest BCUT2D eigenvalue weighted by Crippen LogP contribution is -2.30. The van der Waals surface area contributed by atoms with Gasteiger partial charge in [-0.3, -0.25) is 4.79 Å². The van der Waals surface area contributed by atoms with Crippen molar-refractivity contribution in [2.75, 3.05) is 5.33 Å². The van der Waals surface area contributed by atoms with Crippen molar-refractivity contribution in [1.29, 1.82) is 0 Å². The molecule has 0 aliphatic rings. The number of carboxylic acids is 1. The van der Waals surface area contributed by atoms with Crippen LogP contribution in [0.5, 0.6) is 0 Å². The number of nitrogens with two attached hydrogens (primary N) is 1. The first-order valence-corrected chi connectivity index (χ1v) is 3.35. The maximum absolute atomic E-state index is 9.94. The summed E-state index contributed by atoms with van der Waals surface area (Å²) in [5.74, 6) is -0.940. The second-order valence-electron chi connectivity index (χ2n) is 1.42. The monoisotopic (exact) mass is 181 g/mol. The first-order valence-electron chi connectivity index (χ1n) is 2.23. The minimum atomic E-state index is -0.940. The third kappa shape index (κ3) is 2.98. The Labute approximate surface area is 56.0 Å². The average molecular weight is 182 g/mol. The van der Waals surface area contributed by atoms with Gasteiger partial charge in [-0.15, -0.1) is 0 Å². The minimum Gasteiger partial charge on any atom is -0.480 e. The lowest BCUT2D eigenvalue weighted by Gasteiger charge is -1.99. The molecule has 0 unspecified atom stereocenters. The van der Waals surface area contributed by atoms with Gasteiger partial charge >= 0.3 is 5.97 Å². The van der Waals surface area contributed by atoms with E-state index in [1.807, 2.05) is 0 Å². The molecule has 0 rings (SSSR count). The zero-order chi connectivity index (χ0) is 6.57. The Balaban J connectivity index is 3.32. The Morgan fingerprint density at radius 1 is 1.88 bits per heavy atom. The molecule has 0 saturated carbocycles. The van der Waals surface area contributed by atoms with Crippen molar-refractivity contribution < 1.29 is 9.90 Å². The summed E-state index contributed by atoms with van der Waals surface area (Å²) in [4.78, 5) is 9.94. The van der Waals surface area contributed by atoms with Crippen LogP contribution < -0.4 is 5.73 Å². The Bertz CT molecular complexity index is 86.1. The average Bonchev–Trinajstić information content (AvgIpc) is 1.67. The molecule has 0 aliphatic heterocycles. The first-order chi connectivity index (χ1) is 3.68. The number of hydrogen-bond acceptors (Lipinski definition) is 2. The molecule has 0 heterocycles. The molecular formula is C4H8BrNO2. The van der Waals surface area contributed by atoms with Crippen LogP contribution in [0.15, 0.2) is 0 Å². The van der Waals surface area contributed by atoms with Gasteiger partial charge in [0.1, 0.15) is 6.04 Å². The summed E-state index contributed by atoms with van der Waals surface area (Å²) in [6.07, 6.45) is 0.481. The van der Waals surface area contributed by atoms with Crippen LogP contribution in [-0.2, 0) is 4.79 Å². The molecule has 0 amide bonds. The predicted molar refractivity (Wildman–Crippen MR) is 34.0 cm³/mol. The zero-order valence-electron chi connectivity index (χ0n) is 4.30. The highest BCUT2D eigenvalue weighted by molar-refractivity contribution is 9.09. The second-order valence-corrected chi connectivity index (χ2v) is 2.22. The molecule has 0 saturated heterocycles. The van der Waals surface area contributed by atoms with Gasteiger partial charge in [0.05, 0.1) is 0 Å².